The summed E-state index contributed by atoms with van der Waals surface area (Å²) >= 11 is 2.90. The fourth-order valence-corrected chi connectivity index (χ4v) is 3.36. The fraction of sp³-hybridized carbons (Fsp3) is 0.462. The zero-order chi connectivity index (χ0) is 12.9. The van der Waals surface area contributed by atoms with E-state index in [0.717, 1.165) is 25.0 Å². The first kappa shape index (κ1) is 12.1. The monoisotopic (exact) mass is 315 g/mol. The molecule has 2 atom stereocenters. The van der Waals surface area contributed by atoms with E-state index in [9.17, 15) is 13.6 Å². The highest BCUT2D eigenvalue weighted by Gasteiger charge is 2.56. The van der Waals surface area contributed by atoms with Crippen LogP contribution >= 0.6 is 15.9 Å². The van der Waals surface area contributed by atoms with Crippen LogP contribution in [0.25, 0.3) is 0 Å². The number of anilines is 1. The molecule has 2 unspecified atom stereocenters. The normalized spacial score (nSPS) is 28.9. The number of fused-ring (bicyclic) bond motifs is 1. The van der Waals surface area contributed by atoms with Crippen molar-refractivity contribution in [2.24, 2.45) is 17.8 Å². The van der Waals surface area contributed by atoms with Gasteiger partial charge in [-0.1, -0.05) is 6.42 Å². The molecule has 1 aromatic carbocycles. The number of halogens is 3. The first-order chi connectivity index (χ1) is 8.58. The highest BCUT2D eigenvalue weighted by molar-refractivity contribution is 9.10. The molecule has 0 aliphatic heterocycles. The summed E-state index contributed by atoms with van der Waals surface area (Å²) in [7, 11) is 0. The molecule has 1 amide bonds. The first-order valence-electron chi connectivity index (χ1n) is 6.03. The second kappa shape index (κ2) is 4.30. The van der Waals surface area contributed by atoms with Gasteiger partial charge in [-0.2, -0.15) is 0 Å². The van der Waals surface area contributed by atoms with E-state index in [2.05, 4.69) is 21.2 Å². The van der Waals surface area contributed by atoms with Gasteiger partial charge in [-0.05, 0) is 46.7 Å². The predicted octanol–water partition coefficient (Wildman–Crippen LogP) is 3.71. The van der Waals surface area contributed by atoms with Crippen molar-refractivity contribution >= 4 is 27.5 Å². The Balaban J connectivity index is 1.73. The van der Waals surface area contributed by atoms with Gasteiger partial charge in [0.1, 0.15) is 11.6 Å². The van der Waals surface area contributed by atoms with Crippen LogP contribution < -0.4 is 5.32 Å². The summed E-state index contributed by atoms with van der Waals surface area (Å²) in [5, 5.41) is 2.49. The number of carbonyl (C=O) groups excluding carboxylic acids is 1. The molecule has 0 radical (unpaired) electrons. The van der Waals surface area contributed by atoms with E-state index in [-0.39, 0.29) is 22.0 Å². The number of rotatable bonds is 2. The van der Waals surface area contributed by atoms with Crippen LogP contribution in [0.3, 0.4) is 0 Å². The maximum Gasteiger partial charge on any atom is 0.228 e. The molecule has 1 aromatic rings. The Morgan fingerprint density at radius 1 is 1.22 bits per heavy atom. The molecule has 0 saturated heterocycles. The number of carbonyl (C=O) groups is 1. The lowest BCUT2D eigenvalue weighted by Gasteiger charge is -2.08. The molecule has 0 spiro atoms. The lowest BCUT2D eigenvalue weighted by molar-refractivity contribution is -0.118. The lowest BCUT2D eigenvalue weighted by Crippen LogP contribution is -2.17. The topological polar surface area (TPSA) is 29.1 Å². The number of benzene rings is 1. The summed E-state index contributed by atoms with van der Waals surface area (Å²) in [6.45, 7) is 0. The molecule has 2 nitrogen and oxygen atoms in total. The number of nitrogens with one attached hydrogen (secondary N) is 1. The summed E-state index contributed by atoms with van der Waals surface area (Å²) in [6.07, 6.45) is 3.35. The highest BCUT2D eigenvalue weighted by atomic mass is 79.9. The maximum atomic E-state index is 13.6. The quantitative estimate of drug-likeness (QED) is 0.828. The summed E-state index contributed by atoms with van der Waals surface area (Å²) in [5.41, 5.74) is -0.0781. The van der Waals surface area contributed by atoms with Gasteiger partial charge in [-0.3, -0.25) is 4.79 Å². The molecule has 96 valence electrons. The number of hydrogen-bond donors (Lipinski definition) is 1. The predicted molar refractivity (Wildman–Crippen MR) is 67.0 cm³/mol. The van der Waals surface area contributed by atoms with E-state index < -0.39 is 11.6 Å². The van der Waals surface area contributed by atoms with E-state index in [1.165, 1.54) is 6.42 Å². The molecule has 0 heterocycles. The smallest absolute Gasteiger partial charge is 0.228 e. The summed E-state index contributed by atoms with van der Waals surface area (Å²) < 4.78 is 26.9. The molecule has 18 heavy (non-hydrogen) atoms. The van der Waals surface area contributed by atoms with Gasteiger partial charge in [-0.25, -0.2) is 8.78 Å². The second-order valence-corrected chi connectivity index (χ2v) is 5.87. The Kier molecular flexibility index (Phi) is 2.88. The third-order valence-corrected chi connectivity index (χ3v) is 4.58. The minimum atomic E-state index is -0.623. The van der Waals surface area contributed by atoms with E-state index in [1.54, 1.807) is 0 Å². The van der Waals surface area contributed by atoms with Gasteiger partial charge in [-0.15, -0.1) is 0 Å². The van der Waals surface area contributed by atoms with Crippen molar-refractivity contribution in [1.82, 2.24) is 0 Å². The third-order valence-electron chi connectivity index (χ3n) is 3.98. The second-order valence-electron chi connectivity index (χ2n) is 5.02. The van der Waals surface area contributed by atoms with Crippen molar-refractivity contribution in [2.45, 2.75) is 19.3 Å². The van der Waals surface area contributed by atoms with Gasteiger partial charge >= 0.3 is 0 Å². The Labute approximate surface area is 112 Å². The van der Waals surface area contributed by atoms with E-state index >= 15 is 0 Å². The van der Waals surface area contributed by atoms with Crippen LogP contribution in [0, 0.1) is 29.4 Å². The van der Waals surface area contributed by atoms with Crippen molar-refractivity contribution in [3.05, 3.63) is 28.2 Å². The van der Waals surface area contributed by atoms with E-state index in [0.29, 0.717) is 11.8 Å². The first-order valence-corrected chi connectivity index (χ1v) is 6.82. The number of amides is 1. The van der Waals surface area contributed by atoms with Crippen LogP contribution in [0.4, 0.5) is 14.5 Å². The van der Waals surface area contributed by atoms with Crippen molar-refractivity contribution in [1.29, 1.82) is 0 Å². The van der Waals surface area contributed by atoms with Crippen molar-refractivity contribution < 1.29 is 13.6 Å². The van der Waals surface area contributed by atoms with Gasteiger partial charge in [0.2, 0.25) is 5.91 Å². The Morgan fingerprint density at radius 3 is 2.56 bits per heavy atom. The SMILES string of the molecule is O=C(Nc1cc(F)c(Br)cc1F)C1C2CCCC21. The minimum absolute atomic E-state index is 0.00450. The average Bonchev–Trinajstić information content (AvgIpc) is 2.80. The van der Waals surface area contributed by atoms with E-state index in [1.807, 2.05) is 0 Å². The Morgan fingerprint density at radius 2 is 1.89 bits per heavy atom. The highest BCUT2D eigenvalue weighted by Crippen LogP contribution is 2.57. The third kappa shape index (κ3) is 1.94. The zero-order valence-corrected chi connectivity index (χ0v) is 11.1. The van der Waals surface area contributed by atoms with Crippen LogP contribution in [-0.4, -0.2) is 5.91 Å². The van der Waals surface area contributed by atoms with Crippen molar-refractivity contribution in [3.63, 3.8) is 0 Å². The molecular formula is C13H12BrF2NO. The summed E-state index contributed by atoms with van der Waals surface area (Å²) in [4.78, 5) is 11.9. The average molecular weight is 316 g/mol. The summed E-state index contributed by atoms with van der Waals surface area (Å²) in [6, 6.07) is 2.04. The lowest BCUT2D eigenvalue weighted by atomic mass is 10.1. The largest absolute Gasteiger partial charge is 0.323 e. The van der Waals surface area contributed by atoms with Crippen LogP contribution in [0.2, 0.25) is 0 Å². The van der Waals surface area contributed by atoms with E-state index in [4.69, 9.17) is 0 Å². The van der Waals surface area contributed by atoms with Gasteiger partial charge < -0.3 is 5.32 Å². The molecular weight excluding hydrogens is 304 g/mol. The molecule has 0 bridgehead atoms. The van der Waals surface area contributed by atoms with Crippen LogP contribution in [0.15, 0.2) is 16.6 Å². The molecule has 2 saturated carbocycles. The van der Waals surface area contributed by atoms with Gasteiger partial charge in [0.05, 0.1) is 10.2 Å². The molecule has 5 heteroatoms. The van der Waals surface area contributed by atoms with Crippen molar-refractivity contribution in [2.75, 3.05) is 5.32 Å². The zero-order valence-electron chi connectivity index (χ0n) is 9.55. The van der Waals surface area contributed by atoms with Crippen molar-refractivity contribution in [3.8, 4) is 0 Å². The van der Waals surface area contributed by atoms with Gasteiger partial charge in [0.25, 0.3) is 0 Å². The number of hydrogen-bond acceptors (Lipinski definition) is 1. The van der Waals surface area contributed by atoms with Crippen LogP contribution in [-0.2, 0) is 4.79 Å². The molecule has 2 aliphatic carbocycles. The Bertz CT molecular complexity index is 510. The fourth-order valence-electron chi connectivity index (χ4n) is 3.04. The molecule has 2 aliphatic rings. The molecule has 2 fully saturated rings. The molecule has 3 rings (SSSR count). The summed E-state index contributed by atoms with van der Waals surface area (Å²) in [5.74, 6) is -0.443. The molecule has 1 N–H and O–H groups in total. The van der Waals surface area contributed by atoms with Crippen LogP contribution in [0.1, 0.15) is 19.3 Å². The van der Waals surface area contributed by atoms with Crippen LogP contribution in [0.5, 0.6) is 0 Å². The molecule has 0 aromatic heterocycles. The standard InChI is InChI=1S/C13H12BrF2NO/c14-8-4-10(16)11(5-9(8)15)17-13(18)12-6-2-1-3-7(6)12/h4-7,12H,1-3H2,(H,17,18). The minimum Gasteiger partial charge on any atom is -0.323 e. The van der Waals surface area contributed by atoms with Gasteiger partial charge in [0.15, 0.2) is 0 Å². The van der Waals surface area contributed by atoms with Gasteiger partial charge in [0, 0.05) is 12.0 Å². The Hall–Kier alpha value is -0.970. The maximum absolute atomic E-state index is 13.6.